The van der Waals surface area contributed by atoms with Gasteiger partial charge in [0, 0.05) is 30.2 Å². The number of halogens is 1. The summed E-state index contributed by atoms with van der Waals surface area (Å²) in [5.41, 5.74) is 2.15. The van der Waals surface area contributed by atoms with Crippen LogP contribution in [0.1, 0.15) is 29.6 Å². The van der Waals surface area contributed by atoms with Gasteiger partial charge in [-0.2, -0.15) is 0 Å². The van der Waals surface area contributed by atoms with Crippen molar-refractivity contribution in [1.82, 2.24) is 19.7 Å². The molecular formula is C22H19FN4O2. The van der Waals surface area contributed by atoms with Crippen LogP contribution in [0.3, 0.4) is 0 Å². The lowest BCUT2D eigenvalue weighted by Crippen LogP contribution is -2.35. The lowest BCUT2D eigenvalue weighted by molar-refractivity contribution is 0.0724. The van der Waals surface area contributed by atoms with Gasteiger partial charge in [-0.05, 0) is 61.7 Å². The molecule has 2 aromatic carbocycles. The average molecular weight is 390 g/mol. The van der Waals surface area contributed by atoms with E-state index in [2.05, 4.69) is 10.1 Å². The van der Waals surface area contributed by atoms with Gasteiger partial charge >= 0.3 is 0 Å². The van der Waals surface area contributed by atoms with Gasteiger partial charge in [-0.15, -0.1) is 0 Å². The van der Waals surface area contributed by atoms with E-state index in [-0.39, 0.29) is 17.3 Å². The molecule has 0 radical (unpaired) electrons. The SMILES string of the molecule is O=C(c1ccc2ncc3c(=O)n(-c4ccc(F)cc4)[nH]c3c2c1)N1CCCCC1. The fraction of sp³-hybridized carbons (Fsp3) is 0.227. The van der Waals surface area contributed by atoms with Crippen molar-refractivity contribution < 1.29 is 9.18 Å². The zero-order chi connectivity index (χ0) is 20.0. The monoisotopic (exact) mass is 390 g/mol. The molecule has 1 fully saturated rings. The number of aromatic nitrogens is 3. The van der Waals surface area contributed by atoms with Gasteiger partial charge in [-0.1, -0.05) is 0 Å². The summed E-state index contributed by atoms with van der Waals surface area (Å²) in [6.45, 7) is 1.55. The number of fused-ring (bicyclic) bond motifs is 3. The van der Waals surface area contributed by atoms with Crippen LogP contribution in [0.15, 0.2) is 53.5 Å². The maximum Gasteiger partial charge on any atom is 0.280 e. The Kier molecular flexibility index (Phi) is 4.16. The number of amides is 1. The molecule has 1 N–H and O–H groups in total. The molecular weight excluding hydrogens is 371 g/mol. The molecule has 1 aliphatic heterocycles. The van der Waals surface area contributed by atoms with Crippen LogP contribution in [0.4, 0.5) is 4.39 Å². The second-order valence-electron chi connectivity index (χ2n) is 7.36. The predicted octanol–water partition coefficient (Wildman–Crippen LogP) is 3.63. The van der Waals surface area contributed by atoms with Gasteiger partial charge in [-0.3, -0.25) is 19.7 Å². The summed E-state index contributed by atoms with van der Waals surface area (Å²) in [6.07, 6.45) is 4.74. The molecule has 0 aliphatic carbocycles. The van der Waals surface area contributed by atoms with Crippen molar-refractivity contribution in [3.63, 3.8) is 0 Å². The number of pyridine rings is 1. The van der Waals surface area contributed by atoms with E-state index in [9.17, 15) is 14.0 Å². The standard InChI is InChI=1S/C22H19FN4O2/c23-15-5-7-16(8-6-15)27-22(29)18-13-24-19-9-4-14(12-17(19)20(18)25-27)21(28)26-10-2-1-3-11-26/h4-9,12-13,25H,1-3,10-11H2. The quantitative estimate of drug-likeness (QED) is 0.568. The molecule has 7 heteroatoms. The fourth-order valence-corrected chi connectivity index (χ4v) is 3.94. The van der Waals surface area contributed by atoms with Gasteiger partial charge in [0.1, 0.15) is 5.82 Å². The fourth-order valence-electron chi connectivity index (χ4n) is 3.94. The van der Waals surface area contributed by atoms with Crippen molar-refractivity contribution in [3.8, 4) is 5.69 Å². The molecule has 4 aromatic rings. The molecule has 0 unspecified atom stereocenters. The van der Waals surface area contributed by atoms with E-state index in [1.807, 2.05) is 4.90 Å². The Balaban J connectivity index is 1.65. The lowest BCUT2D eigenvalue weighted by Gasteiger charge is -2.26. The zero-order valence-electron chi connectivity index (χ0n) is 15.7. The summed E-state index contributed by atoms with van der Waals surface area (Å²) >= 11 is 0. The number of rotatable bonds is 2. The number of nitrogens with zero attached hydrogens (tertiary/aromatic N) is 3. The first-order valence-electron chi connectivity index (χ1n) is 9.70. The topological polar surface area (TPSA) is 71.0 Å². The van der Waals surface area contributed by atoms with E-state index in [1.165, 1.54) is 35.1 Å². The number of hydrogen-bond acceptors (Lipinski definition) is 3. The molecule has 5 rings (SSSR count). The smallest absolute Gasteiger partial charge is 0.280 e. The van der Waals surface area contributed by atoms with E-state index in [4.69, 9.17) is 0 Å². The van der Waals surface area contributed by atoms with Crippen molar-refractivity contribution >= 4 is 27.7 Å². The van der Waals surface area contributed by atoms with Gasteiger partial charge < -0.3 is 4.90 Å². The van der Waals surface area contributed by atoms with Gasteiger partial charge in [0.05, 0.1) is 22.1 Å². The number of carbonyl (C=O) groups excluding carboxylic acids is 1. The second kappa shape index (κ2) is 6.84. The largest absolute Gasteiger partial charge is 0.339 e. The van der Waals surface area contributed by atoms with Crippen molar-refractivity contribution in [2.75, 3.05) is 13.1 Å². The highest BCUT2D eigenvalue weighted by molar-refractivity contribution is 6.06. The molecule has 29 heavy (non-hydrogen) atoms. The van der Waals surface area contributed by atoms with E-state index >= 15 is 0 Å². The molecule has 2 aromatic heterocycles. The maximum atomic E-state index is 13.2. The molecule has 1 aliphatic rings. The van der Waals surface area contributed by atoms with Crippen molar-refractivity contribution in [2.45, 2.75) is 19.3 Å². The van der Waals surface area contributed by atoms with Crippen molar-refractivity contribution in [2.24, 2.45) is 0 Å². The molecule has 0 spiro atoms. The van der Waals surface area contributed by atoms with E-state index in [1.54, 1.807) is 18.2 Å². The van der Waals surface area contributed by atoms with Crippen LogP contribution in [0.25, 0.3) is 27.5 Å². The summed E-state index contributed by atoms with van der Waals surface area (Å²) in [4.78, 5) is 32.0. The van der Waals surface area contributed by atoms with Crippen LogP contribution in [0, 0.1) is 5.82 Å². The van der Waals surface area contributed by atoms with Crippen molar-refractivity contribution in [3.05, 3.63) is 70.4 Å². The molecule has 0 atom stereocenters. The highest BCUT2D eigenvalue weighted by Gasteiger charge is 2.19. The third-order valence-electron chi connectivity index (χ3n) is 5.50. The van der Waals surface area contributed by atoms with Crippen LogP contribution < -0.4 is 5.56 Å². The Morgan fingerprint density at radius 2 is 1.76 bits per heavy atom. The molecule has 6 nitrogen and oxygen atoms in total. The van der Waals surface area contributed by atoms with Crippen LogP contribution in [0.5, 0.6) is 0 Å². The normalized spacial score (nSPS) is 14.6. The molecule has 0 bridgehead atoms. The molecule has 1 amide bonds. The number of likely N-dealkylation sites (tertiary alicyclic amines) is 1. The summed E-state index contributed by atoms with van der Waals surface area (Å²) in [7, 11) is 0. The van der Waals surface area contributed by atoms with Crippen LogP contribution >= 0.6 is 0 Å². The number of carbonyl (C=O) groups is 1. The Bertz CT molecular complexity index is 1280. The van der Waals surface area contributed by atoms with Crippen molar-refractivity contribution in [1.29, 1.82) is 0 Å². The first-order valence-corrected chi connectivity index (χ1v) is 9.70. The van der Waals surface area contributed by atoms with E-state index in [0.717, 1.165) is 32.4 Å². The Hall–Kier alpha value is -3.48. The molecule has 0 saturated carbocycles. The Morgan fingerprint density at radius 1 is 1.00 bits per heavy atom. The number of piperidine rings is 1. The van der Waals surface area contributed by atoms with Crippen LogP contribution in [-0.4, -0.2) is 38.7 Å². The maximum absolute atomic E-state index is 13.2. The van der Waals surface area contributed by atoms with Gasteiger partial charge in [0.2, 0.25) is 0 Å². The number of H-pyrrole nitrogens is 1. The van der Waals surface area contributed by atoms with Crippen LogP contribution in [0.2, 0.25) is 0 Å². The molecule has 1 saturated heterocycles. The first-order chi connectivity index (χ1) is 14.1. The minimum atomic E-state index is -0.370. The first kappa shape index (κ1) is 17.6. The highest BCUT2D eigenvalue weighted by atomic mass is 19.1. The Labute approximate surface area is 165 Å². The van der Waals surface area contributed by atoms with Gasteiger partial charge in [0.15, 0.2) is 0 Å². The minimum absolute atomic E-state index is 0.00363. The van der Waals surface area contributed by atoms with Gasteiger partial charge in [0.25, 0.3) is 11.5 Å². The van der Waals surface area contributed by atoms with E-state index in [0.29, 0.717) is 33.1 Å². The van der Waals surface area contributed by atoms with Crippen LogP contribution in [-0.2, 0) is 0 Å². The summed E-state index contributed by atoms with van der Waals surface area (Å²) < 4.78 is 14.6. The number of aromatic amines is 1. The second-order valence-corrected chi connectivity index (χ2v) is 7.36. The number of nitrogens with one attached hydrogen (secondary N) is 1. The van der Waals surface area contributed by atoms with Gasteiger partial charge in [-0.25, -0.2) is 9.07 Å². The number of benzene rings is 2. The van der Waals surface area contributed by atoms with E-state index < -0.39 is 0 Å². The third kappa shape index (κ3) is 2.99. The highest BCUT2D eigenvalue weighted by Crippen LogP contribution is 2.24. The summed E-state index contributed by atoms with van der Waals surface area (Å²) in [6, 6.07) is 11.1. The molecule has 3 heterocycles. The lowest BCUT2D eigenvalue weighted by atomic mass is 10.1. The predicted molar refractivity (Wildman–Crippen MR) is 109 cm³/mol. The summed E-state index contributed by atoms with van der Waals surface area (Å²) in [5.74, 6) is -0.366. The summed E-state index contributed by atoms with van der Waals surface area (Å²) in [5, 5.41) is 4.24. The number of hydrogen-bond donors (Lipinski definition) is 1. The minimum Gasteiger partial charge on any atom is -0.339 e. The molecule has 146 valence electrons. The third-order valence-corrected chi connectivity index (χ3v) is 5.50. The Morgan fingerprint density at radius 3 is 2.52 bits per heavy atom. The average Bonchev–Trinajstić information content (AvgIpc) is 3.11. The zero-order valence-corrected chi connectivity index (χ0v) is 15.7.